The summed E-state index contributed by atoms with van der Waals surface area (Å²) in [4.78, 5) is 25.4. The molecule has 0 atom stereocenters. The SMILES string of the molecule is CCN1c2cc(C)c(/C=C3\NC(=O)NC3=O)cc2C(C)=CC1(C)C. The number of benzene rings is 1. The Kier molecular flexibility index (Phi) is 3.74. The maximum atomic E-state index is 11.8. The molecule has 0 bridgehead atoms. The minimum atomic E-state index is -0.475. The molecule has 0 spiro atoms. The van der Waals surface area contributed by atoms with Gasteiger partial charge in [-0.2, -0.15) is 0 Å². The van der Waals surface area contributed by atoms with Gasteiger partial charge in [0.05, 0.1) is 5.54 Å². The highest BCUT2D eigenvalue weighted by atomic mass is 16.2. The number of imide groups is 1. The van der Waals surface area contributed by atoms with Crippen molar-refractivity contribution in [3.05, 3.63) is 40.6 Å². The van der Waals surface area contributed by atoms with Gasteiger partial charge in [-0.15, -0.1) is 0 Å². The molecule has 0 aliphatic carbocycles. The number of carbonyl (C=O) groups is 2. The Bertz CT molecular complexity index is 803. The summed E-state index contributed by atoms with van der Waals surface area (Å²) in [6.07, 6.45) is 4.01. The second kappa shape index (κ2) is 5.51. The summed E-state index contributed by atoms with van der Waals surface area (Å²) in [6, 6.07) is 3.79. The third-order valence-corrected chi connectivity index (χ3v) is 4.70. The lowest BCUT2D eigenvalue weighted by Gasteiger charge is -2.43. The van der Waals surface area contributed by atoms with E-state index in [1.54, 1.807) is 6.08 Å². The zero-order chi connectivity index (χ0) is 17.6. The van der Waals surface area contributed by atoms with Crippen molar-refractivity contribution in [2.24, 2.45) is 0 Å². The first kappa shape index (κ1) is 16.3. The van der Waals surface area contributed by atoms with E-state index in [1.807, 2.05) is 6.92 Å². The van der Waals surface area contributed by atoms with E-state index in [0.29, 0.717) is 0 Å². The smallest absolute Gasteiger partial charge is 0.326 e. The van der Waals surface area contributed by atoms with Crippen molar-refractivity contribution in [2.45, 2.75) is 40.2 Å². The van der Waals surface area contributed by atoms with E-state index in [2.05, 4.69) is 61.4 Å². The van der Waals surface area contributed by atoms with Crippen molar-refractivity contribution in [1.29, 1.82) is 0 Å². The summed E-state index contributed by atoms with van der Waals surface area (Å²) >= 11 is 0. The molecular weight excluding hydrogens is 302 g/mol. The summed E-state index contributed by atoms with van der Waals surface area (Å²) in [5.74, 6) is -0.388. The van der Waals surface area contributed by atoms with Crippen molar-refractivity contribution in [3.63, 3.8) is 0 Å². The number of urea groups is 1. The highest BCUT2D eigenvalue weighted by Crippen LogP contribution is 2.40. The van der Waals surface area contributed by atoms with E-state index in [-0.39, 0.29) is 17.1 Å². The van der Waals surface area contributed by atoms with Crippen LogP contribution in [0.25, 0.3) is 11.6 Å². The average molecular weight is 325 g/mol. The number of hydrogen-bond acceptors (Lipinski definition) is 3. The molecule has 0 radical (unpaired) electrons. The van der Waals surface area contributed by atoms with Gasteiger partial charge in [0.2, 0.25) is 0 Å². The number of allylic oxidation sites excluding steroid dienone is 1. The molecule has 2 aliphatic rings. The Hall–Kier alpha value is -2.56. The number of rotatable bonds is 2. The Labute approximate surface area is 142 Å². The monoisotopic (exact) mass is 325 g/mol. The van der Waals surface area contributed by atoms with Crippen molar-refractivity contribution >= 4 is 29.3 Å². The maximum absolute atomic E-state index is 11.8. The second-order valence-electron chi connectivity index (χ2n) is 6.92. The van der Waals surface area contributed by atoms with Crippen LogP contribution in [0.5, 0.6) is 0 Å². The summed E-state index contributed by atoms with van der Waals surface area (Å²) in [6.45, 7) is 11.6. The molecule has 2 aliphatic heterocycles. The molecule has 3 rings (SSSR count). The van der Waals surface area contributed by atoms with Crippen LogP contribution in [0.15, 0.2) is 23.9 Å². The lowest BCUT2D eigenvalue weighted by Crippen LogP contribution is -2.44. The van der Waals surface area contributed by atoms with Crippen LogP contribution in [0.3, 0.4) is 0 Å². The number of hydrogen-bond donors (Lipinski definition) is 2. The maximum Gasteiger partial charge on any atom is 0.326 e. The molecule has 5 nitrogen and oxygen atoms in total. The number of likely N-dealkylation sites (N-methyl/N-ethyl adjacent to an activating group) is 1. The van der Waals surface area contributed by atoms with Crippen LogP contribution >= 0.6 is 0 Å². The van der Waals surface area contributed by atoms with Crippen LogP contribution in [0.1, 0.15) is 44.4 Å². The predicted octanol–water partition coefficient (Wildman–Crippen LogP) is 3.20. The number of nitrogens with one attached hydrogen (secondary N) is 2. The van der Waals surface area contributed by atoms with Gasteiger partial charge in [0.15, 0.2) is 0 Å². The fourth-order valence-corrected chi connectivity index (χ4v) is 3.62. The molecular formula is C19H23N3O2. The zero-order valence-corrected chi connectivity index (χ0v) is 14.8. The first-order valence-corrected chi connectivity index (χ1v) is 8.19. The fourth-order valence-electron chi connectivity index (χ4n) is 3.62. The van der Waals surface area contributed by atoms with Crippen LogP contribution in [0.4, 0.5) is 10.5 Å². The highest BCUT2D eigenvalue weighted by molar-refractivity contribution is 6.14. The number of aryl methyl sites for hydroxylation is 1. The largest absolute Gasteiger partial charge is 0.363 e. The minimum Gasteiger partial charge on any atom is -0.363 e. The second-order valence-corrected chi connectivity index (χ2v) is 6.92. The van der Waals surface area contributed by atoms with Gasteiger partial charge in [-0.25, -0.2) is 4.79 Å². The average Bonchev–Trinajstić information content (AvgIpc) is 2.78. The van der Waals surface area contributed by atoms with Gasteiger partial charge >= 0.3 is 6.03 Å². The molecule has 0 aromatic heterocycles. The molecule has 126 valence electrons. The lowest BCUT2D eigenvalue weighted by molar-refractivity contribution is -0.115. The predicted molar refractivity (Wildman–Crippen MR) is 96.6 cm³/mol. The molecule has 1 aromatic carbocycles. The van der Waals surface area contributed by atoms with Crippen molar-refractivity contribution < 1.29 is 9.59 Å². The van der Waals surface area contributed by atoms with Gasteiger partial charge in [-0.05, 0) is 69.5 Å². The molecule has 0 unspecified atom stereocenters. The van der Waals surface area contributed by atoms with Gasteiger partial charge in [-0.1, -0.05) is 6.08 Å². The normalized spacial score (nSPS) is 20.6. The van der Waals surface area contributed by atoms with E-state index < -0.39 is 6.03 Å². The van der Waals surface area contributed by atoms with Gasteiger partial charge in [0.1, 0.15) is 5.70 Å². The molecule has 0 saturated carbocycles. The van der Waals surface area contributed by atoms with Crippen LogP contribution in [0, 0.1) is 6.92 Å². The van der Waals surface area contributed by atoms with E-state index in [4.69, 9.17) is 0 Å². The van der Waals surface area contributed by atoms with Crippen LogP contribution in [-0.2, 0) is 4.79 Å². The van der Waals surface area contributed by atoms with Gasteiger partial charge in [0, 0.05) is 17.8 Å². The van der Waals surface area contributed by atoms with E-state index in [0.717, 1.165) is 17.7 Å². The van der Waals surface area contributed by atoms with Gasteiger partial charge < -0.3 is 10.2 Å². The Morgan fingerprint density at radius 3 is 2.46 bits per heavy atom. The van der Waals surface area contributed by atoms with Crippen molar-refractivity contribution in [3.8, 4) is 0 Å². The van der Waals surface area contributed by atoms with Crippen molar-refractivity contribution in [1.82, 2.24) is 10.6 Å². The first-order valence-electron chi connectivity index (χ1n) is 8.19. The lowest BCUT2D eigenvalue weighted by atomic mass is 9.87. The molecule has 3 amide bonds. The standard InChI is InChI=1S/C19H23N3O2/c1-6-22-16-7-11(2)13(9-15-17(23)21-18(24)20-15)8-14(16)12(3)10-19(22,4)5/h7-10H,6H2,1-5H3,(H2,20,21,23,24)/b15-9-. The van der Waals surface area contributed by atoms with E-state index in [1.165, 1.54) is 16.8 Å². The van der Waals surface area contributed by atoms with Crippen LogP contribution in [0.2, 0.25) is 0 Å². The molecule has 5 heteroatoms. The quantitative estimate of drug-likeness (QED) is 0.648. The topological polar surface area (TPSA) is 61.4 Å². The molecule has 2 heterocycles. The van der Waals surface area contributed by atoms with Crippen LogP contribution in [-0.4, -0.2) is 24.0 Å². The number of carbonyl (C=O) groups excluding carboxylic acids is 2. The third-order valence-electron chi connectivity index (χ3n) is 4.70. The van der Waals surface area contributed by atoms with Gasteiger partial charge in [-0.3, -0.25) is 10.1 Å². The summed E-state index contributed by atoms with van der Waals surface area (Å²) < 4.78 is 0. The molecule has 24 heavy (non-hydrogen) atoms. The summed E-state index contributed by atoms with van der Waals surface area (Å²) in [7, 11) is 0. The zero-order valence-electron chi connectivity index (χ0n) is 14.8. The Morgan fingerprint density at radius 1 is 1.17 bits per heavy atom. The number of amides is 3. The molecule has 1 fully saturated rings. The van der Waals surface area contributed by atoms with E-state index >= 15 is 0 Å². The van der Waals surface area contributed by atoms with Crippen LogP contribution < -0.4 is 15.5 Å². The van der Waals surface area contributed by atoms with Gasteiger partial charge in [0.25, 0.3) is 5.91 Å². The Morgan fingerprint density at radius 2 is 1.88 bits per heavy atom. The first-order chi connectivity index (χ1) is 11.2. The number of nitrogens with zero attached hydrogens (tertiary/aromatic N) is 1. The Balaban J connectivity index is 2.11. The van der Waals surface area contributed by atoms with E-state index in [9.17, 15) is 9.59 Å². The number of anilines is 1. The van der Waals surface area contributed by atoms with Crippen molar-refractivity contribution in [2.75, 3.05) is 11.4 Å². The summed E-state index contributed by atoms with van der Waals surface area (Å²) in [5, 5.41) is 4.77. The minimum absolute atomic E-state index is 0.0302. The fraction of sp³-hybridized carbons (Fsp3) is 0.368. The number of fused-ring (bicyclic) bond motifs is 1. The molecule has 2 N–H and O–H groups in total. The summed E-state index contributed by atoms with van der Waals surface area (Å²) in [5.41, 5.74) is 5.86. The molecule has 1 aromatic rings. The third kappa shape index (κ3) is 2.60. The highest BCUT2D eigenvalue weighted by Gasteiger charge is 2.31. The molecule has 1 saturated heterocycles.